The minimum absolute atomic E-state index is 0.0986. The summed E-state index contributed by atoms with van der Waals surface area (Å²) < 4.78 is 0. The van der Waals surface area contributed by atoms with Gasteiger partial charge in [0.1, 0.15) is 6.33 Å². The highest BCUT2D eigenvalue weighted by molar-refractivity contribution is 5.47. The Morgan fingerprint density at radius 2 is 1.61 bits per heavy atom. The van der Waals surface area contributed by atoms with Crippen LogP contribution in [0.4, 0.5) is 17.6 Å². The van der Waals surface area contributed by atoms with Gasteiger partial charge in [-0.25, -0.2) is 4.98 Å². The number of aliphatic hydroxyl groups excluding tert-OH is 2. The topological polar surface area (TPSA) is 106 Å². The molecule has 0 saturated carbocycles. The third kappa shape index (κ3) is 5.68. The highest BCUT2D eigenvalue weighted by Gasteiger charge is 2.10. The molecule has 2 rings (SSSR count). The Labute approximate surface area is 135 Å². The molecule has 0 spiro atoms. The molecule has 124 valence electrons. The van der Waals surface area contributed by atoms with Gasteiger partial charge >= 0.3 is 0 Å². The van der Waals surface area contributed by atoms with Gasteiger partial charge in [0.25, 0.3) is 0 Å². The van der Waals surface area contributed by atoms with Crippen molar-refractivity contribution in [3.05, 3.63) is 36.7 Å². The fourth-order valence-electron chi connectivity index (χ4n) is 1.98. The maximum absolute atomic E-state index is 9.00. The fourth-order valence-corrected chi connectivity index (χ4v) is 1.98. The number of para-hydroxylation sites is 1. The van der Waals surface area contributed by atoms with Crippen molar-refractivity contribution in [1.29, 1.82) is 0 Å². The number of hydrogen-bond donors (Lipinski definition) is 4. The quantitative estimate of drug-likeness (QED) is 0.478. The second-order valence-corrected chi connectivity index (χ2v) is 4.87. The Bertz CT molecular complexity index is 561. The summed E-state index contributed by atoms with van der Waals surface area (Å²) in [7, 11) is 0. The number of hydrogen-bond acceptors (Lipinski definition) is 8. The third-order valence-electron chi connectivity index (χ3n) is 3.11. The van der Waals surface area contributed by atoms with E-state index in [9.17, 15) is 0 Å². The largest absolute Gasteiger partial charge is 0.396 e. The first-order valence-electron chi connectivity index (χ1n) is 7.56. The molecule has 0 aliphatic rings. The van der Waals surface area contributed by atoms with E-state index in [2.05, 4.69) is 25.8 Å². The van der Waals surface area contributed by atoms with Gasteiger partial charge in [0, 0.05) is 26.3 Å². The van der Waals surface area contributed by atoms with Gasteiger partial charge in [0.15, 0.2) is 0 Å². The molecule has 0 aliphatic carbocycles. The molecular formula is C15H22N6O2. The predicted molar refractivity (Wildman–Crippen MR) is 89.1 cm³/mol. The van der Waals surface area contributed by atoms with E-state index in [1.807, 2.05) is 35.2 Å². The highest BCUT2D eigenvalue weighted by Crippen LogP contribution is 2.11. The van der Waals surface area contributed by atoms with Crippen LogP contribution in [0, 0.1) is 0 Å². The lowest BCUT2D eigenvalue weighted by Crippen LogP contribution is -2.29. The Hall–Kier alpha value is -2.45. The summed E-state index contributed by atoms with van der Waals surface area (Å²) in [6.45, 7) is 1.43. The number of rotatable bonds is 10. The van der Waals surface area contributed by atoms with Crippen molar-refractivity contribution in [3.8, 4) is 0 Å². The van der Waals surface area contributed by atoms with Gasteiger partial charge in [-0.3, -0.25) is 10.9 Å². The number of anilines is 3. The molecule has 1 aromatic heterocycles. The molecule has 0 atom stereocenters. The van der Waals surface area contributed by atoms with E-state index in [1.165, 1.54) is 6.33 Å². The van der Waals surface area contributed by atoms with Crippen molar-refractivity contribution in [2.45, 2.75) is 12.8 Å². The zero-order valence-electron chi connectivity index (χ0n) is 12.9. The molecule has 0 aliphatic heterocycles. The minimum Gasteiger partial charge on any atom is -0.396 e. The summed E-state index contributed by atoms with van der Waals surface area (Å²) in [5.74, 6) is 0.913. The van der Waals surface area contributed by atoms with Crippen molar-refractivity contribution in [2.24, 2.45) is 0 Å². The molecule has 1 heterocycles. The first-order valence-corrected chi connectivity index (χ1v) is 7.56. The lowest BCUT2D eigenvalue weighted by atomic mass is 10.3. The van der Waals surface area contributed by atoms with E-state index in [1.54, 1.807) is 0 Å². The number of hydrazine groups is 1. The summed E-state index contributed by atoms with van der Waals surface area (Å²) in [6, 6.07) is 9.63. The Morgan fingerprint density at radius 1 is 0.913 bits per heavy atom. The van der Waals surface area contributed by atoms with Gasteiger partial charge in [-0.15, -0.1) is 0 Å². The Kier molecular flexibility index (Phi) is 7.02. The zero-order chi connectivity index (χ0) is 16.3. The molecule has 2 aromatic rings. The summed E-state index contributed by atoms with van der Waals surface area (Å²) in [6.07, 6.45) is 2.66. The standard InChI is InChI=1S/C15H22N6O2/c22-10-4-8-21(9-5-11-23)15-17-12-16-14(18-15)20-19-13-6-2-1-3-7-13/h1-3,6-7,12,19,22-23H,4-5,8-11H2,(H,16,17,18,20). The molecule has 0 saturated heterocycles. The molecule has 23 heavy (non-hydrogen) atoms. The predicted octanol–water partition coefficient (Wildman–Crippen LogP) is 0.882. The smallest absolute Gasteiger partial charge is 0.246 e. The van der Waals surface area contributed by atoms with E-state index in [0.29, 0.717) is 37.8 Å². The summed E-state index contributed by atoms with van der Waals surface area (Å²) in [5, 5.41) is 18.0. The normalized spacial score (nSPS) is 10.3. The van der Waals surface area contributed by atoms with Crippen molar-refractivity contribution < 1.29 is 10.2 Å². The van der Waals surface area contributed by atoms with Crippen molar-refractivity contribution in [1.82, 2.24) is 15.0 Å². The molecule has 8 nitrogen and oxygen atoms in total. The van der Waals surface area contributed by atoms with E-state index in [0.717, 1.165) is 5.69 Å². The average molecular weight is 318 g/mol. The molecular weight excluding hydrogens is 296 g/mol. The van der Waals surface area contributed by atoms with E-state index in [-0.39, 0.29) is 13.2 Å². The maximum Gasteiger partial charge on any atom is 0.246 e. The van der Waals surface area contributed by atoms with Gasteiger partial charge in [0.05, 0.1) is 5.69 Å². The molecule has 1 aromatic carbocycles. The third-order valence-corrected chi connectivity index (χ3v) is 3.11. The van der Waals surface area contributed by atoms with Crippen LogP contribution in [0.15, 0.2) is 36.7 Å². The van der Waals surface area contributed by atoms with Crippen molar-refractivity contribution >= 4 is 17.6 Å². The van der Waals surface area contributed by atoms with E-state index < -0.39 is 0 Å². The Morgan fingerprint density at radius 3 is 2.26 bits per heavy atom. The summed E-state index contributed by atoms with van der Waals surface area (Å²) in [4.78, 5) is 14.5. The van der Waals surface area contributed by atoms with Crippen LogP contribution in [0.5, 0.6) is 0 Å². The van der Waals surface area contributed by atoms with Crippen LogP contribution in [0.25, 0.3) is 0 Å². The lowest BCUT2D eigenvalue weighted by Gasteiger charge is -2.22. The lowest BCUT2D eigenvalue weighted by molar-refractivity contribution is 0.281. The number of benzene rings is 1. The second-order valence-electron chi connectivity index (χ2n) is 4.87. The van der Waals surface area contributed by atoms with Crippen molar-refractivity contribution in [3.63, 3.8) is 0 Å². The second kappa shape index (κ2) is 9.54. The zero-order valence-corrected chi connectivity index (χ0v) is 12.9. The van der Waals surface area contributed by atoms with Crippen LogP contribution in [0.1, 0.15) is 12.8 Å². The maximum atomic E-state index is 9.00. The SMILES string of the molecule is OCCCN(CCCO)c1ncnc(NNc2ccccc2)n1. The van der Waals surface area contributed by atoms with Crippen LogP contribution < -0.4 is 15.8 Å². The minimum atomic E-state index is 0.0986. The van der Waals surface area contributed by atoms with E-state index >= 15 is 0 Å². The number of nitrogens with one attached hydrogen (secondary N) is 2. The van der Waals surface area contributed by atoms with Gasteiger partial charge in [-0.2, -0.15) is 9.97 Å². The Balaban J connectivity index is 2.00. The molecule has 0 amide bonds. The number of nitrogens with zero attached hydrogens (tertiary/aromatic N) is 4. The summed E-state index contributed by atoms with van der Waals surface area (Å²) >= 11 is 0. The monoisotopic (exact) mass is 318 g/mol. The summed E-state index contributed by atoms with van der Waals surface area (Å²) in [5.41, 5.74) is 6.84. The molecule has 8 heteroatoms. The molecule has 4 N–H and O–H groups in total. The van der Waals surface area contributed by atoms with Crippen LogP contribution in [-0.2, 0) is 0 Å². The average Bonchev–Trinajstić information content (AvgIpc) is 2.61. The number of aromatic nitrogens is 3. The first kappa shape index (κ1) is 16.9. The first-order chi connectivity index (χ1) is 11.3. The highest BCUT2D eigenvalue weighted by atomic mass is 16.3. The van der Waals surface area contributed by atoms with Crippen LogP contribution in [-0.4, -0.2) is 51.5 Å². The molecule has 0 bridgehead atoms. The van der Waals surface area contributed by atoms with Crippen LogP contribution in [0.3, 0.4) is 0 Å². The molecule has 0 fully saturated rings. The van der Waals surface area contributed by atoms with Gasteiger partial charge in [-0.05, 0) is 25.0 Å². The fraction of sp³-hybridized carbons (Fsp3) is 0.400. The van der Waals surface area contributed by atoms with Gasteiger partial charge < -0.3 is 15.1 Å². The van der Waals surface area contributed by atoms with Gasteiger partial charge in [0.2, 0.25) is 11.9 Å². The molecule has 0 radical (unpaired) electrons. The van der Waals surface area contributed by atoms with Gasteiger partial charge in [-0.1, -0.05) is 18.2 Å². The number of aliphatic hydroxyl groups is 2. The molecule has 0 unspecified atom stereocenters. The van der Waals surface area contributed by atoms with Crippen molar-refractivity contribution in [2.75, 3.05) is 42.1 Å². The van der Waals surface area contributed by atoms with Crippen LogP contribution >= 0.6 is 0 Å². The van der Waals surface area contributed by atoms with Crippen LogP contribution in [0.2, 0.25) is 0 Å². The van der Waals surface area contributed by atoms with E-state index in [4.69, 9.17) is 10.2 Å².